The molecular weight excluding hydrogens is 784 g/mol. The van der Waals surface area contributed by atoms with Crippen molar-refractivity contribution in [1.29, 1.82) is 0 Å². The number of esters is 2. The zero-order valence-electron chi connectivity index (χ0n) is 32.6. The van der Waals surface area contributed by atoms with Crippen molar-refractivity contribution in [1.82, 2.24) is 0 Å². The van der Waals surface area contributed by atoms with E-state index in [1.165, 1.54) is 97.1 Å². The molecule has 0 aromatic heterocycles. The third-order valence-electron chi connectivity index (χ3n) is 8.72. The first-order chi connectivity index (χ1) is 28.9. The van der Waals surface area contributed by atoms with Crippen molar-refractivity contribution in [3.8, 4) is 23.0 Å². The maximum Gasteiger partial charge on any atom is 0.335 e. The number of carbonyl (C=O) groups excluding carboxylic acids is 2. The minimum absolute atomic E-state index is 0.0640. The number of carboxylic acid groups (broad SMARTS) is 4. The maximum atomic E-state index is 12.8. The Morgan fingerprint density at radius 1 is 0.383 bits per heavy atom. The summed E-state index contributed by atoms with van der Waals surface area (Å²) in [6.45, 7) is 0.143. The lowest BCUT2D eigenvalue weighted by molar-refractivity contribution is -0.166. The van der Waals surface area contributed by atoms with Crippen LogP contribution in [0.25, 0.3) is 0 Å². The molecule has 0 aliphatic carbocycles. The number of carboxylic acids is 4. The van der Waals surface area contributed by atoms with Crippen LogP contribution in [0.4, 0.5) is 0 Å². The molecule has 318 valence electrons. The van der Waals surface area contributed by atoms with Gasteiger partial charge in [0.1, 0.15) is 23.0 Å². The van der Waals surface area contributed by atoms with Crippen molar-refractivity contribution in [2.75, 3.05) is 13.2 Å². The highest BCUT2D eigenvalue weighted by molar-refractivity contribution is 5.89. The predicted molar refractivity (Wildman–Crippen MR) is 212 cm³/mol. The molecule has 0 aliphatic heterocycles. The Hall–Kier alpha value is -7.10. The zero-order chi connectivity index (χ0) is 43.3. The van der Waals surface area contributed by atoms with Gasteiger partial charge in [0, 0.05) is 12.8 Å². The largest absolute Gasteiger partial charge is 0.493 e. The first-order valence-corrected chi connectivity index (χ1v) is 19.2. The van der Waals surface area contributed by atoms with Crippen molar-refractivity contribution in [3.63, 3.8) is 0 Å². The molecular formula is C44H46O16. The molecule has 0 radical (unpaired) electrons. The normalized spacial score (nSPS) is 11.7. The van der Waals surface area contributed by atoms with Gasteiger partial charge >= 0.3 is 35.8 Å². The van der Waals surface area contributed by atoms with E-state index in [1.807, 2.05) is 0 Å². The standard InChI is InChI=1S/C44H46O16/c45-37(59-39(57-35-21-13-31(14-22-35)43(51)52)25-27-55-33-17-9-29(10-18-33)41(47)48)7-5-3-1-2-4-6-8-38(46)60-40(58-36-23-15-32(16-24-36)44(53)54)26-28-56-34-19-11-30(12-20-34)42(49)50/h9-24,39-40H,1-8,25-28H2,(H,47,48)(H,49,50)(H,51,52)(H,53,54). The average Bonchev–Trinajstić information content (AvgIpc) is 3.22. The molecule has 0 bridgehead atoms. The second-order valence-corrected chi connectivity index (χ2v) is 13.3. The van der Waals surface area contributed by atoms with Crippen molar-refractivity contribution < 1.29 is 77.6 Å². The Balaban J connectivity index is 1.16. The fourth-order valence-electron chi connectivity index (χ4n) is 5.53. The number of rotatable bonds is 27. The molecule has 16 nitrogen and oxygen atoms in total. The molecule has 2 atom stereocenters. The van der Waals surface area contributed by atoms with Crippen LogP contribution in [0, 0.1) is 0 Å². The molecule has 2 unspecified atom stereocenters. The maximum absolute atomic E-state index is 12.8. The Morgan fingerprint density at radius 2 is 0.650 bits per heavy atom. The summed E-state index contributed by atoms with van der Waals surface area (Å²) in [5, 5.41) is 36.5. The third-order valence-corrected chi connectivity index (χ3v) is 8.72. The SMILES string of the molecule is O=C(CCCCCCCCC(=O)OC(CCOc1ccc(C(=O)O)cc1)Oc1ccc(C(=O)O)cc1)OC(CCOc1ccc(C(=O)O)cc1)Oc1ccc(C(=O)O)cc1. The molecule has 0 aliphatic rings. The summed E-state index contributed by atoms with van der Waals surface area (Å²) in [5.41, 5.74) is 0.339. The number of benzene rings is 4. The quantitative estimate of drug-likeness (QED) is 0.0255. The van der Waals surface area contributed by atoms with Gasteiger partial charge in [0.25, 0.3) is 0 Å². The van der Waals surface area contributed by atoms with E-state index in [2.05, 4.69) is 0 Å². The third kappa shape index (κ3) is 16.4. The topological polar surface area (TPSA) is 239 Å². The molecule has 0 saturated heterocycles. The second kappa shape index (κ2) is 24.0. The van der Waals surface area contributed by atoms with Gasteiger partial charge in [-0.2, -0.15) is 0 Å². The van der Waals surface area contributed by atoms with Crippen LogP contribution in [-0.4, -0.2) is 82.0 Å². The van der Waals surface area contributed by atoms with Gasteiger partial charge in [-0.1, -0.05) is 25.7 Å². The van der Waals surface area contributed by atoms with Gasteiger partial charge in [0.05, 0.1) is 48.3 Å². The summed E-state index contributed by atoms with van der Waals surface area (Å²) >= 11 is 0. The number of ether oxygens (including phenoxy) is 6. The first kappa shape index (κ1) is 45.6. The molecule has 4 N–H and O–H groups in total. The summed E-state index contributed by atoms with van der Waals surface area (Å²) in [5.74, 6) is -3.91. The summed E-state index contributed by atoms with van der Waals surface area (Å²) < 4.78 is 34.2. The summed E-state index contributed by atoms with van der Waals surface area (Å²) in [7, 11) is 0. The lowest BCUT2D eigenvalue weighted by atomic mass is 10.1. The number of hydrogen-bond donors (Lipinski definition) is 4. The van der Waals surface area contributed by atoms with E-state index in [1.54, 1.807) is 0 Å². The van der Waals surface area contributed by atoms with Gasteiger partial charge in [-0.15, -0.1) is 0 Å². The predicted octanol–water partition coefficient (Wildman–Crippen LogP) is 7.73. The van der Waals surface area contributed by atoms with E-state index in [0.29, 0.717) is 35.8 Å². The van der Waals surface area contributed by atoms with Crippen LogP contribution in [0.1, 0.15) is 106 Å². The molecule has 60 heavy (non-hydrogen) atoms. The fourth-order valence-corrected chi connectivity index (χ4v) is 5.53. The summed E-state index contributed by atoms with van der Waals surface area (Å²) in [4.78, 5) is 70.2. The number of aromatic carboxylic acids is 4. The molecule has 0 saturated carbocycles. The molecule has 0 spiro atoms. The van der Waals surface area contributed by atoms with Crippen molar-refractivity contribution in [3.05, 3.63) is 119 Å². The monoisotopic (exact) mass is 830 g/mol. The molecule has 0 amide bonds. The lowest BCUT2D eigenvalue weighted by Gasteiger charge is -2.20. The van der Waals surface area contributed by atoms with Crippen LogP contribution in [0.5, 0.6) is 23.0 Å². The summed E-state index contributed by atoms with van der Waals surface area (Å²) in [6, 6.07) is 22.9. The second-order valence-electron chi connectivity index (χ2n) is 13.3. The number of hydrogen-bond acceptors (Lipinski definition) is 12. The average molecular weight is 831 g/mol. The van der Waals surface area contributed by atoms with Gasteiger partial charge in [-0.05, 0) is 110 Å². The van der Waals surface area contributed by atoms with Crippen LogP contribution in [0.2, 0.25) is 0 Å². The molecule has 4 aromatic carbocycles. The molecule has 0 heterocycles. The minimum atomic E-state index is -1.10. The van der Waals surface area contributed by atoms with Gasteiger partial charge in [-0.25, -0.2) is 19.2 Å². The highest BCUT2D eigenvalue weighted by Gasteiger charge is 2.19. The van der Waals surface area contributed by atoms with E-state index in [0.717, 1.165) is 25.7 Å². The van der Waals surface area contributed by atoms with Gasteiger partial charge in [0.2, 0.25) is 12.6 Å². The minimum Gasteiger partial charge on any atom is -0.493 e. The van der Waals surface area contributed by atoms with Gasteiger partial charge < -0.3 is 48.8 Å². The van der Waals surface area contributed by atoms with E-state index in [-0.39, 0.29) is 61.2 Å². The van der Waals surface area contributed by atoms with Crippen molar-refractivity contribution >= 4 is 35.8 Å². The molecule has 0 fully saturated rings. The number of carbonyl (C=O) groups is 6. The van der Waals surface area contributed by atoms with Crippen molar-refractivity contribution in [2.24, 2.45) is 0 Å². The smallest absolute Gasteiger partial charge is 0.335 e. The van der Waals surface area contributed by atoms with Crippen LogP contribution >= 0.6 is 0 Å². The molecule has 4 rings (SSSR count). The molecule has 4 aromatic rings. The van der Waals surface area contributed by atoms with Gasteiger partial charge in [-0.3, -0.25) is 9.59 Å². The van der Waals surface area contributed by atoms with Gasteiger partial charge in [0.15, 0.2) is 0 Å². The Kier molecular flexibility index (Phi) is 18.2. The van der Waals surface area contributed by atoms with Crippen LogP contribution in [0.15, 0.2) is 97.1 Å². The van der Waals surface area contributed by atoms with Crippen LogP contribution in [-0.2, 0) is 19.1 Å². The first-order valence-electron chi connectivity index (χ1n) is 19.2. The Labute approximate surface area is 345 Å². The van der Waals surface area contributed by atoms with E-state index in [9.17, 15) is 39.0 Å². The highest BCUT2D eigenvalue weighted by Crippen LogP contribution is 2.21. The fraction of sp³-hybridized carbons (Fsp3) is 0.318. The van der Waals surface area contributed by atoms with E-state index in [4.69, 9.17) is 38.6 Å². The summed E-state index contributed by atoms with van der Waals surface area (Å²) in [6.07, 6.45) is 2.57. The molecule has 16 heteroatoms. The van der Waals surface area contributed by atoms with E-state index >= 15 is 0 Å². The zero-order valence-corrected chi connectivity index (χ0v) is 32.6. The van der Waals surface area contributed by atoms with E-state index < -0.39 is 48.4 Å². The lowest BCUT2D eigenvalue weighted by Crippen LogP contribution is -2.26. The number of unbranched alkanes of at least 4 members (excludes halogenated alkanes) is 5. The van der Waals surface area contributed by atoms with Crippen LogP contribution in [0.3, 0.4) is 0 Å². The Bertz CT molecular complexity index is 1860. The van der Waals surface area contributed by atoms with Crippen LogP contribution < -0.4 is 18.9 Å². The highest BCUT2D eigenvalue weighted by atomic mass is 16.7. The van der Waals surface area contributed by atoms with Crippen molar-refractivity contribution in [2.45, 2.75) is 76.8 Å². The Morgan fingerprint density at radius 3 is 0.933 bits per heavy atom.